The van der Waals surface area contributed by atoms with Crippen LogP contribution in [0.1, 0.15) is 26.3 Å². The molecule has 4 rings (SSSR count). The van der Waals surface area contributed by atoms with Crippen molar-refractivity contribution in [2.24, 2.45) is 0 Å². The molecule has 1 aromatic carbocycles. The number of hydrogen-bond acceptors (Lipinski definition) is 5. The van der Waals surface area contributed by atoms with E-state index in [9.17, 15) is 18.8 Å². The molecule has 3 N–H and O–H groups in total. The maximum Gasteiger partial charge on any atom is 0.262 e. The molecule has 0 radical (unpaired) electrons. The molecular formula is C17H12FN5O3. The first kappa shape index (κ1) is 15.8. The van der Waals surface area contributed by atoms with Crippen molar-refractivity contribution in [2.75, 3.05) is 5.73 Å². The number of carbonyl (C=O) groups is 2. The predicted molar refractivity (Wildman–Crippen MR) is 90.1 cm³/mol. The number of fused-ring (bicyclic) bond motifs is 1. The number of amides is 2. The van der Waals surface area contributed by atoms with Crippen LogP contribution in [-0.4, -0.2) is 26.2 Å². The number of halogens is 1. The SMILES string of the molecule is Cc1cnn(-c2ccc(F)cc2-n2c(N)c3c(cc2=O)C(=O)NC3=O)c1. The average molecular weight is 353 g/mol. The van der Waals surface area contributed by atoms with Crippen molar-refractivity contribution < 1.29 is 14.0 Å². The largest absolute Gasteiger partial charge is 0.384 e. The van der Waals surface area contributed by atoms with Gasteiger partial charge in [0.1, 0.15) is 11.6 Å². The van der Waals surface area contributed by atoms with Crippen molar-refractivity contribution in [3.05, 3.63) is 69.5 Å². The lowest BCUT2D eigenvalue weighted by Crippen LogP contribution is -2.25. The lowest BCUT2D eigenvalue weighted by atomic mass is 10.1. The molecule has 3 aromatic rings. The standard InChI is InChI=1S/C17H12FN5O3/c1-8-6-20-22(7-8)11-3-2-9(18)4-12(11)23-13(24)5-10-14(15(23)19)17(26)21-16(10)25/h2-7H,19H2,1H3,(H,21,25,26). The number of pyridine rings is 1. The van der Waals surface area contributed by atoms with Crippen LogP contribution < -0.4 is 16.6 Å². The highest BCUT2D eigenvalue weighted by molar-refractivity contribution is 6.23. The lowest BCUT2D eigenvalue weighted by molar-refractivity contribution is 0.0880. The molecule has 0 saturated carbocycles. The molecule has 0 atom stereocenters. The second-order valence-electron chi connectivity index (χ2n) is 5.87. The third-order valence-electron chi connectivity index (χ3n) is 4.09. The fourth-order valence-electron chi connectivity index (χ4n) is 2.94. The molecule has 0 bridgehead atoms. The number of rotatable bonds is 2. The van der Waals surface area contributed by atoms with Crippen LogP contribution in [0.25, 0.3) is 11.4 Å². The Hall–Kier alpha value is -3.75. The quantitative estimate of drug-likeness (QED) is 0.666. The fraction of sp³-hybridized carbons (Fsp3) is 0.0588. The number of nitrogens with one attached hydrogen (secondary N) is 1. The maximum atomic E-state index is 13.9. The lowest BCUT2D eigenvalue weighted by Gasteiger charge is -2.16. The number of aryl methyl sites for hydroxylation is 1. The topological polar surface area (TPSA) is 112 Å². The number of aromatic nitrogens is 3. The Morgan fingerprint density at radius 2 is 1.88 bits per heavy atom. The highest BCUT2D eigenvalue weighted by Crippen LogP contribution is 2.26. The monoisotopic (exact) mass is 353 g/mol. The molecule has 26 heavy (non-hydrogen) atoms. The number of hydrogen-bond donors (Lipinski definition) is 2. The molecule has 0 fully saturated rings. The third-order valence-corrected chi connectivity index (χ3v) is 4.09. The molecule has 2 amide bonds. The molecule has 8 nitrogen and oxygen atoms in total. The normalized spacial score (nSPS) is 13.0. The number of nitrogens with zero attached hydrogens (tertiary/aromatic N) is 3. The van der Waals surface area contributed by atoms with Gasteiger partial charge < -0.3 is 5.73 Å². The molecule has 2 aromatic heterocycles. The third kappa shape index (κ3) is 2.21. The molecule has 9 heteroatoms. The Balaban J connectivity index is 2.05. The number of carbonyl (C=O) groups excluding carboxylic acids is 2. The van der Waals surface area contributed by atoms with Gasteiger partial charge in [-0.2, -0.15) is 5.10 Å². The number of benzene rings is 1. The minimum absolute atomic E-state index is 0.0957. The summed E-state index contributed by atoms with van der Waals surface area (Å²) in [6.45, 7) is 1.83. The van der Waals surface area contributed by atoms with Gasteiger partial charge in [0, 0.05) is 18.3 Å². The molecule has 1 aliphatic rings. The van der Waals surface area contributed by atoms with Crippen molar-refractivity contribution in [3.63, 3.8) is 0 Å². The second kappa shape index (κ2) is 5.38. The number of anilines is 1. The van der Waals surface area contributed by atoms with Gasteiger partial charge in [0.05, 0.1) is 28.7 Å². The van der Waals surface area contributed by atoms with Crippen LogP contribution in [0.2, 0.25) is 0 Å². The van der Waals surface area contributed by atoms with Gasteiger partial charge in [0.15, 0.2) is 0 Å². The first-order chi connectivity index (χ1) is 12.4. The van der Waals surface area contributed by atoms with Gasteiger partial charge in [-0.05, 0) is 24.6 Å². The van der Waals surface area contributed by atoms with Gasteiger partial charge in [0.2, 0.25) is 0 Å². The van der Waals surface area contributed by atoms with E-state index < -0.39 is 23.2 Å². The Morgan fingerprint density at radius 3 is 2.58 bits per heavy atom. The molecule has 0 unspecified atom stereocenters. The maximum absolute atomic E-state index is 13.9. The predicted octanol–water partition coefficient (Wildman–Crippen LogP) is 0.937. The Labute approximate surface area is 145 Å². The summed E-state index contributed by atoms with van der Waals surface area (Å²) in [6.07, 6.45) is 3.30. The summed E-state index contributed by atoms with van der Waals surface area (Å²) >= 11 is 0. The van der Waals surface area contributed by atoms with Gasteiger partial charge in [-0.15, -0.1) is 0 Å². The van der Waals surface area contributed by atoms with Crippen molar-refractivity contribution in [3.8, 4) is 11.4 Å². The zero-order valence-corrected chi connectivity index (χ0v) is 13.5. The average Bonchev–Trinajstić information content (AvgIpc) is 3.11. The smallest absolute Gasteiger partial charge is 0.262 e. The summed E-state index contributed by atoms with van der Waals surface area (Å²) in [7, 11) is 0. The van der Waals surface area contributed by atoms with Crippen LogP contribution in [-0.2, 0) is 0 Å². The van der Waals surface area contributed by atoms with Gasteiger partial charge in [-0.3, -0.25) is 24.3 Å². The van der Waals surface area contributed by atoms with E-state index in [2.05, 4.69) is 10.4 Å². The summed E-state index contributed by atoms with van der Waals surface area (Å²) < 4.78 is 16.4. The van der Waals surface area contributed by atoms with E-state index in [1.807, 2.05) is 6.92 Å². The molecule has 1 aliphatic heterocycles. The first-order valence-electron chi connectivity index (χ1n) is 7.59. The first-order valence-corrected chi connectivity index (χ1v) is 7.59. The molecule has 0 spiro atoms. The van der Waals surface area contributed by atoms with Gasteiger partial charge in [-0.1, -0.05) is 0 Å². The van der Waals surface area contributed by atoms with E-state index in [1.54, 1.807) is 12.4 Å². The summed E-state index contributed by atoms with van der Waals surface area (Å²) in [6, 6.07) is 4.79. The minimum atomic E-state index is -0.705. The summed E-state index contributed by atoms with van der Waals surface area (Å²) in [5, 5.41) is 6.25. The number of nitrogens with two attached hydrogens (primary N) is 1. The molecule has 3 heterocycles. The van der Waals surface area contributed by atoms with Gasteiger partial charge in [-0.25, -0.2) is 9.07 Å². The van der Waals surface area contributed by atoms with Crippen LogP contribution >= 0.6 is 0 Å². The van der Waals surface area contributed by atoms with Crippen molar-refractivity contribution in [1.29, 1.82) is 0 Å². The minimum Gasteiger partial charge on any atom is -0.384 e. The van der Waals surface area contributed by atoms with Gasteiger partial charge >= 0.3 is 0 Å². The second-order valence-corrected chi connectivity index (χ2v) is 5.87. The summed E-state index contributed by atoms with van der Waals surface area (Å²) in [5.41, 5.74) is 6.50. The Bertz CT molecular complexity index is 1160. The van der Waals surface area contributed by atoms with E-state index in [1.165, 1.54) is 16.8 Å². The zero-order chi connectivity index (χ0) is 18.6. The van der Waals surface area contributed by atoms with E-state index in [-0.39, 0.29) is 22.6 Å². The van der Waals surface area contributed by atoms with E-state index >= 15 is 0 Å². The Morgan fingerprint density at radius 1 is 1.12 bits per heavy atom. The van der Waals surface area contributed by atoms with Crippen molar-refractivity contribution in [2.45, 2.75) is 6.92 Å². The van der Waals surface area contributed by atoms with Crippen LogP contribution in [0.3, 0.4) is 0 Å². The fourth-order valence-corrected chi connectivity index (χ4v) is 2.94. The van der Waals surface area contributed by atoms with E-state index in [0.717, 1.165) is 22.3 Å². The number of imide groups is 1. The van der Waals surface area contributed by atoms with Gasteiger partial charge in [0.25, 0.3) is 17.4 Å². The van der Waals surface area contributed by atoms with Crippen LogP contribution in [0.5, 0.6) is 0 Å². The molecule has 130 valence electrons. The molecule has 0 aliphatic carbocycles. The Kier molecular flexibility index (Phi) is 3.26. The van der Waals surface area contributed by atoms with Crippen molar-refractivity contribution >= 4 is 17.6 Å². The number of nitrogen functional groups attached to an aromatic ring is 1. The molecular weight excluding hydrogens is 341 g/mol. The van der Waals surface area contributed by atoms with Crippen LogP contribution in [0, 0.1) is 12.7 Å². The summed E-state index contributed by atoms with van der Waals surface area (Å²) in [4.78, 5) is 36.4. The zero-order valence-electron chi connectivity index (χ0n) is 13.5. The summed E-state index contributed by atoms with van der Waals surface area (Å²) in [5.74, 6) is -2.24. The van der Waals surface area contributed by atoms with Crippen molar-refractivity contribution in [1.82, 2.24) is 19.7 Å². The van der Waals surface area contributed by atoms with Crippen LogP contribution in [0.4, 0.5) is 10.2 Å². The highest BCUT2D eigenvalue weighted by atomic mass is 19.1. The highest BCUT2D eigenvalue weighted by Gasteiger charge is 2.32. The van der Waals surface area contributed by atoms with E-state index in [4.69, 9.17) is 5.73 Å². The molecule has 0 saturated heterocycles. The van der Waals surface area contributed by atoms with Crippen LogP contribution in [0.15, 0.2) is 41.5 Å². The van der Waals surface area contributed by atoms with E-state index in [0.29, 0.717) is 5.69 Å².